The van der Waals surface area contributed by atoms with Crippen molar-refractivity contribution < 1.29 is 18.0 Å². The average molecular weight is 556 g/mol. The maximum Gasteiger partial charge on any atom is 0.264 e. The summed E-state index contributed by atoms with van der Waals surface area (Å²) in [7, 11) is -4.15. The topological polar surface area (TPSA) is 86.8 Å². The number of rotatable bonds is 12. The zero-order valence-corrected chi connectivity index (χ0v) is 23.5. The first-order valence-electron chi connectivity index (χ1n) is 12.6. The lowest BCUT2D eigenvalue weighted by Gasteiger charge is -2.33. The molecule has 0 spiro atoms. The summed E-state index contributed by atoms with van der Waals surface area (Å²) in [6.07, 6.45) is 0.891. The number of para-hydroxylation sites is 1. The van der Waals surface area contributed by atoms with Gasteiger partial charge >= 0.3 is 0 Å². The van der Waals surface area contributed by atoms with Gasteiger partial charge in [0.1, 0.15) is 12.6 Å². The molecule has 0 saturated heterocycles. The minimum Gasteiger partial charge on any atom is -0.355 e. The molecule has 1 N–H and O–H groups in total. The van der Waals surface area contributed by atoms with Crippen molar-refractivity contribution in [2.45, 2.75) is 44.6 Å². The Morgan fingerprint density at radius 1 is 0.921 bits per heavy atom. The molecule has 0 bridgehead atoms. The fourth-order valence-corrected chi connectivity index (χ4v) is 5.91. The van der Waals surface area contributed by atoms with Gasteiger partial charge < -0.3 is 10.2 Å². The van der Waals surface area contributed by atoms with Crippen molar-refractivity contribution in [3.8, 4) is 0 Å². The molecule has 7 nitrogen and oxygen atoms in total. The summed E-state index contributed by atoms with van der Waals surface area (Å²) in [6.45, 7) is 5.67. The average Bonchev–Trinajstić information content (AvgIpc) is 2.91. The van der Waals surface area contributed by atoms with Crippen LogP contribution in [0.5, 0.6) is 0 Å². The van der Waals surface area contributed by atoms with Crippen molar-refractivity contribution in [2.75, 3.05) is 23.9 Å². The highest BCUT2D eigenvalue weighted by atomic mass is 35.5. The fourth-order valence-electron chi connectivity index (χ4n) is 4.19. The Morgan fingerprint density at radius 3 is 2.16 bits per heavy atom. The Balaban J connectivity index is 2.01. The van der Waals surface area contributed by atoms with E-state index in [1.807, 2.05) is 51.1 Å². The second-order valence-corrected chi connectivity index (χ2v) is 11.2. The molecule has 0 unspecified atom stereocenters. The summed E-state index contributed by atoms with van der Waals surface area (Å²) in [5.74, 6) is -0.767. The minimum atomic E-state index is -4.15. The number of aryl methyl sites for hydroxylation is 1. The van der Waals surface area contributed by atoms with Gasteiger partial charge in [0.2, 0.25) is 11.8 Å². The number of anilines is 1. The smallest absolute Gasteiger partial charge is 0.264 e. The molecule has 202 valence electrons. The molecule has 0 radical (unpaired) electrons. The standard InChI is InChI=1S/C29H34ClN3O4S/c1-4-26(29(35)31-5-2)32(20-19-23-11-7-6-8-12-23)28(34)21-33(27-14-10-9-13-25(27)30)38(36,37)24-17-15-22(3)16-18-24/h6-18,26H,4-5,19-21H2,1-3H3,(H,31,35)/t26-/m0/s1. The zero-order chi connectivity index (χ0) is 27.7. The molecule has 0 aromatic heterocycles. The van der Waals surface area contributed by atoms with Crippen LogP contribution in [-0.2, 0) is 26.0 Å². The van der Waals surface area contributed by atoms with E-state index in [-0.39, 0.29) is 28.1 Å². The Labute approximate surface area is 230 Å². The maximum absolute atomic E-state index is 13.9. The van der Waals surface area contributed by atoms with E-state index in [0.717, 1.165) is 15.4 Å². The van der Waals surface area contributed by atoms with Gasteiger partial charge in [-0.3, -0.25) is 13.9 Å². The summed E-state index contributed by atoms with van der Waals surface area (Å²) < 4.78 is 28.7. The number of nitrogens with one attached hydrogen (secondary N) is 1. The van der Waals surface area contributed by atoms with E-state index >= 15 is 0 Å². The molecule has 38 heavy (non-hydrogen) atoms. The van der Waals surface area contributed by atoms with Crippen LogP contribution in [0, 0.1) is 6.92 Å². The van der Waals surface area contributed by atoms with Crippen LogP contribution in [0.1, 0.15) is 31.4 Å². The predicted molar refractivity (Wildman–Crippen MR) is 152 cm³/mol. The van der Waals surface area contributed by atoms with E-state index in [1.165, 1.54) is 17.0 Å². The summed E-state index contributed by atoms with van der Waals surface area (Å²) in [6, 6.07) is 21.8. The van der Waals surface area contributed by atoms with Gasteiger partial charge in [0.05, 0.1) is 15.6 Å². The van der Waals surface area contributed by atoms with Gasteiger partial charge in [-0.15, -0.1) is 0 Å². The first-order valence-corrected chi connectivity index (χ1v) is 14.5. The molecule has 2 amide bonds. The molecule has 0 fully saturated rings. The number of hydrogen-bond donors (Lipinski definition) is 1. The summed E-state index contributed by atoms with van der Waals surface area (Å²) in [4.78, 5) is 28.4. The lowest BCUT2D eigenvalue weighted by molar-refractivity contribution is -0.139. The number of carbonyl (C=O) groups is 2. The van der Waals surface area contributed by atoms with E-state index in [1.54, 1.807) is 36.4 Å². The summed E-state index contributed by atoms with van der Waals surface area (Å²) in [5, 5.41) is 3.00. The summed E-state index contributed by atoms with van der Waals surface area (Å²) in [5.41, 5.74) is 2.10. The monoisotopic (exact) mass is 555 g/mol. The number of hydrogen-bond acceptors (Lipinski definition) is 4. The van der Waals surface area contributed by atoms with Crippen LogP contribution < -0.4 is 9.62 Å². The fraction of sp³-hybridized carbons (Fsp3) is 0.310. The molecule has 0 aliphatic rings. The van der Waals surface area contributed by atoms with Crippen LogP contribution in [-0.4, -0.2) is 50.8 Å². The van der Waals surface area contributed by atoms with Crippen molar-refractivity contribution in [1.82, 2.24) is 10.2 Å². The molecule has 1 atom stereocenters. The van der Waals surface area contributed by atoms with Crippen molar-refractivity contribution >= 4 is 39.1 Å². The zero-order valence-electron chi connectivity index (χ0n) is 21.9. The quantitative estimate of drug-likeness (QED) is 0.347. The summed E-state index contributed by atoms with van der Waals surface area (Å²) >= 11 is 6.43. The molecule has 3 rings (SSSR count). The number of nitrogens with zero attached hydrogens (tertiary/aromatic N) is 2. The van der Waals surface area contributed by atoms with Gasteiger partial charge in [0, 0.05) is 13.1 Å². The van der Waals surface area contributed by atoms with Gasteiger partial charge in [0.15, 0.2) is 0 Å². The van der Waals surface area contributed by atoms with Gasteiger partial charge in [-0.25, -0.2) is 8.42 Å². The van der Waals surface area contributed by atoms with Gasteiger partial charge in [-0.1, -0.05) is 78.7 Å². The lowest BCUT2D eigenvalue weighted by atomic mass is 10.1. The van der Waals surface area contributed by atoms with Gasteiger partial charge in [-0.2, -0.15) is 0 Å². The van der Waals surface area contributed by atoms with Crippen molar-refractivity contribution in [2.24, 2.45) is 0 Å². The molecule has 9 heteroatoms. The number of sulfonamides is 1. The largest absolute Gasteiger partial charge is 0.355 e. The number of halogens is 1. The molecule has 0 aliphatic carbocycles. The highest BCUT2D eigenvalue weighted by Gasteiger charge is 2.34. The van der Waals surface area contributed by atoms with Crippen LogP contribution >= 0.6 is 11.6 Å². The molecule has 3 aromatic rings. The molecular weight excluding hydrogens is 522 g/mol. The van der Waals surface area contributed by atoms with E-state index in [9.17, 15) is 18.0 Å². The Morgan fingerprint density at radius 2 is 1.55 bits per heavy atom. The predicted octanol–water partition coefficient (Wildman–Crippen LogP) is 4.83. The van der Waals surface area contributed by atoms with E-state index in [4.69, 9.17) is 11.6 Å². The van der Waals surface area contributed by atoms with Crippen LogP contribution in [0.25, 0.3) is 0 Å². The minimum absolute atomic E-state index is 0.0439. The van der Waals surface area contributed by atoms with Crippen molar-refractivity contribution in [1.29, 1.82) is 0 Å². The van der Waals surface area contributed by atoms with Crippen LogP contribution in [0.4, 0.5) is 5.69 Å². The van der Waals surface area contributed by atoms with Crippen molar-refractivity contribution in [3.05, 3.63) is 95.0 Å². The molecule has 3 aromatic carbocycles. The van der Waals surface area contributed by atoms with E-state index < -0.39 is 28.5 Å². The highest BCUT2D eigenvalue weighted by molar-refractivity contribution is 7.92. The first kappa shape index (κ1) is 29.2. The normalized spacial score (nSPS) is 12.0. The van der Waals surface area contributed by atoms with Crippen LogP contribution in [0.3, 0.4) is 0 Å². The third-order valence-corrected chi connectivity index (χ3v) is 8.32. The molecule has 0 aliphatic heterocycles. The molecule has 0 heterocycles. The highest BCUT2D eigenvalue weighted by Crippen LogP contribution is 2.30. The van der Waals surface area contributed by atoms with E-state index in [0.29, 0.717) is 19.4 Å². The molecule has 0 saturated carbocycles. The number of likely N-dealkylation sites (N-methyl/N-ethyl adjacent to an activating group) is 1. The lowest BCUT2D eigenvalue weighted by Crippen LogP contribution is -2.53. The second-order valence-electron chi connectivity index (χ2n) is 8.92. The SMILES string of the molecule is CCNC(=O)[C@H](CC)N(CCc1ccccc1)C(=O)CN(c1ccccc1Cl)S(=O)(=O)c1ccc(C)cc1. The number of benzene rings is 3. The first-order chi connectivity index (χ1) is 18.2. The Hall–Kier alpha value is -3.36. The number of amides is 2. The van der Waals surface area contributed by atoms with Crippen LogP contribution in [0.2, 0.25) is 5.02 Å². The third-order valence-electron chi connectivity index (χ3n) is 6.23. The van der Waals surface area contributed by atoms with Gasteiger partial charge in [-0.05, 0) is 56.5 Å². The maximum atomic E-state index is 13.9. The third kappa shape index (κ3) is 7.14. The Bertz CT molecular complexity index is 1330. The van der Waals surface area contributed by atoms with Crippen LogP contribution in [0.15, 0.2) is 83.8 Å². The van der Waals surface area contributed by atoms with Crippen molar-refractivity contribution in [3.63, 3.8) is 0 Å². The Kier molecular flexibility index (Phi) is 10.3. The van der Waals surface area contributed by atoms with Gasteiger partial charge in [0.25, 0.3) is 10.0 Å². The number of carbonyl (C=O) groups excluding carboxylic acids is 2. The second kappa shape index (κ2) is 13.4. The molecular formula is C29H34ClN3O4S. The van der Waals surface area contributed by atoms with E-state index in [2.05, 4.69) is 5.32 Å².